The Kier molecular flexibility index (Phi) is 8.54. The maximum Gasteiger partial charge on any atom is 0.0713 e. The third-order valence-corrected chi connectivity index (χ3v) is 20.0. The Morgan fingerprint density at radius 1 is 0.320 bits per heavy atom. The quantitative estimate of drug-likeness (QED) is 0.147. The molecule has 0 aromatic heterocycles. The monoisotopic (exact) mass is 955 g/mol. The minimum Gasteiger partial charge on any atom is -0.309 e. The summed E-state index contributed by atoms with van der Waals surface area (Å²) in [5.74, 6) is 3.34. The van der Waals surface area contributed by atoms with Gasteiger partial charge in [0.1, 0.15) is 0 Å². The number of fused-ring (bicyclic) bond motifs is 11. The predicted molar refractivity (Wildman–Crippen MR) is 309 cm³/mol. The Morgan fingerprint density at radius 3 is 1.51 bits per heavy atom. The van der Waals surface area contributed by atoms with Crippen molar-refractivity contribution in [2.75, 3.05) is 4.90 Å². The number of para-hydroxylation sites is 2. The molecule has 4 atom stereocenters. The third-order valence-electron chi connectivity index (χ3n) is 20.0. The van der Waals surface area contributed by atoms with Crippen molar-refractivity contribution in [3.05, 3.63) is 294 Å². The number of rotatable bonds is 8. The van der Waals surface area contributed by atoms with Crippen LogP contribution in [0.4, 0.5) is 17.1 Å². The van der Waals surface area contributed by atoms with E-state index >= 15 is 0 Å². The van der Waals surface area contributed by atoms with Crippen LogP contribution in [0, 0.1) is 29.1 Å². The van der Waals surface area contributed by atoms with Gasteiger partial charge in [-0.3, -0.25) is 0 Å². The van der Waals surface area contributed by atoms with Crippen LogP contribution in [0.25, 0.3) is 66.4 Å². The molecule has 75 heavy (non-hydrogen) atoms. The van der Waals surface area contributed by atoms with Gasteiger partial charge in [-0.2, -0.15) is 0 Å². The Morgan fingerprint density at radius 2 is 0.827 bits per heavy atom. The summed E-state index contributed by atoms with van der Waals surface area (Å²) in [6, 6.07) is 99.1. The van der Waals surface area contributed by atoms with E-state index in [2.05, 4.69) is 266 Å². The van der Waals surface area contributed by atoms with E-state index in [1.165, 1.54) is 114 Å². The lowest BCUT2D eigenvalue weighted by molar-refractivity contribution is -0.412. The largest absolute Gasteiger partial charge is 0.309 e. The van der Waals surface area contributed by atoms with Gasteiger partial charge in [-0.25, -0.2) is 0 Å². The summed E-state index contributed by atoms with van der Waals surface area (Å²) in [6.45, 7) is 0. The zero-order valence-corrected chi connectivity index (χ0v) is 41.7. The van der Waals surface area contributed by atoms with Crippen molar-refractivity contribution in [1.82, 2.24) is 0 Å². The SMILES string of the molecule is c1ccc(-c2cccc3cccc(-c4ccccc4N(c4ccc5c(c4)C4(c6ccccc6-5)C5CC6CC7CC4C675)c4ccccc4-c4ccc5c(c4)C(c4ccccc4)(c4ccccc4)c4ccccc4-5)c23)cc1. The van der Waals surface area contributed by atoms with Crippen LogP contribution in [0.5, 0.6) is 0 Å². The van der Waals surface area contributed by atoms with E-state index in [9.17, 15) is 0 Å². The van der Waals surface area contributed by atoms with E-state index in [0.717, 1.165) is 35.0 Å². The van der Waals surface area contributed by atoms with Gasteiger partial charge in [0.05, 0.1) is 16.8 Å². The number of benzene rings is 11. The van der Waals surface area contributed by atoms with Gasteiger partial charge >= 0.3 is 0 Å². The van der Waals surface area contributed by atoms with Gasteiger partial charge in [0, 0.05) is 22.2 Å². The highest BCUT2D eigenvalue weighted by molar-refractivity contribution is 6.09. The zero-order chi connectivity index (χ0) is 49.0. The second-order valence-electron chi connectivity index (χ2n) is 22.6. The first kappa shape index (κ1) is 41.9. The van der Waals surface area contributed by atoms with Crippen LogP contribution in [0.2, 0.25) is 0 Å². The standard InChI is InChI=1S/C74H53N/c1-4-20-47(21-5-1)56-32-18-22-48-23-19-33-62(71(48)56)61-31-13-17-37-68(61)75(54-39-41-60-58-30-11-15-35-64(58)74(66(60)46-54)69-44-52-43-53-45-70(74)73(52,53)69)67-36-16-12-28-55(67)49-38-40-59-57-29-10-14-34-63(57)72(65(59)42-49,50-24-6-2-7-25-50)51-26-8-3-9-27-51/h1-42,46,52-53,69-70H,43-45H2. The van der Waals surface area contributed by atoms with E-state index in [1.54, 1.807) is 11.1 Å². The lowest BCUT2D eigenvalue weighted by atomic mass is 9.11. The lowest BCUT2D eigenvalue weighted by Gasteiger charge is -2.92. The molecule has 4 fully saturated rings. The minimum atomic E-state index is -0.512. The highest BCUT2D eigenvalue weighted by Gasteiger charge is 2.90. The summed E-state index contributed by atoms with van der Waals surface area (Å²) in [6.07, 6.45) is 4.22. The van der Waals surface area contributed by atoms with Crippen LogP contribution < -0.4 is 4.90 Å². The van der Waals surface area contributed by atoms with Gasteiger partial charge in [0.15, 0.2) is 0 Å². The van der Waals surface area contributed by atoms with Gasteiger partial charge in [0.2, 0.25) is 0 Å². The summed E-state index contributed by atoms with van der Waals surface area (Å²) < 4.78 is 0. The summed E-state index contributed by atoms with van der Waals surface area (Å²) in [4.78, 5) is 2.64. The van der Waals surface area contributed by atoms with Crippen molar-refractivity contribution >= 4 is 27.8 Å². The van der Waals surface area contributed by atoms with Crippen molar-refractivity contribution in [1.29, 1.82) is 0 Å². The number of anilines is 3. The number of nitrogens with zero attached hydrogens (tertiary/aromatic N) is 1. The van der Waals surface area contributed by atoms with Crippen molar-refractivity contribution in [2.24, 2.45) is 29.1 Å². The third kappa shape index (κ3) is 5.19. The Bertz CT molecular complexity index is 4080. The zero-order valence-electron chi connectivity index (χ0n) is 41.7. The molecule has 0 saturated heterocycles. The molecule has 1 heteroatoms. The first-order valence-corrected chi connectivity index (χ1v) is 27.4. The molecule has 354 valence electrons. The van der Waals surface area contributed by atoms with Crippen molar-refractivity contribution < 1.29 is 0 Å². The van der Waals surface area contributed by atoms with Gasteiger partial charge in [0.25, 0.3) is 0 Å². The highest BCUT2D eigenvalue weighted by Crippen LogP contribution is 2.95. The Balaban J connectivity index is 0.916. The number of hydrogen-bond acceptors (Lipinski definition) is 1. The average molecular weight is 956 g/mol. The molecule has 0 radical (unpaired) electrons. The van der Waals surface area contributed by atoms with Crippen molar-refractivity contribution in [2.45, 2.75) is 30.1 Å². The molecule has 0 bridgehead atoms. The van der Waals surface area contributed by atoms with Gasteiger partial charge in [-0.15, -0.1) is 0 Å². The topological polar surface area (TPSA) is 3.24 Å². The highest BCUT2D eigenvalue weighted by atomic mass is 15.1. The van der Waals surface area contributed by atoms with Crippen LogP contribution >= 0.6 is 0 Å². The second-order valence-corrected chi connectivity index (χ2v) is 22.6. The average Bonchev–Trinajstić information content (AvgIpc) is 3.99. The molecular weight excluding hydrogens is 903 g/mol. The maximum absolute atomic E-state index is 2.67. The smallest absolute Gasteiger partial charge is 0.0713 e. The predicted octanol–water partition coefficient (Wildman–Crippen LogP) is 18.6. The summed E-state index contributed by atoms with van der Waals surface area (Å²) >= 11 is 0. The molecule has 6 aliphatic carbocycles. The minimum absolute atomic E-state index is 0.0769. The molecule has 11 aromatic carbocycles. The van der Waals surface area contributed by atoms with Crippen molar-refractivity contribution in [3.8, 4) is 55.6 Å². The molecule has 4 unspecified atom stereocenters. The van der Waals surface area contributed by atoms with Gasteiger partial charge in [-0.1, -0.05) is 231 Å². The molecule has 0 amide bonds. The Labute approximate surface area is 439 Å². The van der Waals surface area contributed by atoms with Gasteiger partial charge < -0.3 is 4.90 Å². The summed E-state index contributed by atoms with van der Waals surface area (Å²) in [5.41, 5.74) is 24.8. The Hall–Kier alpha value is -8.52. The number of hydrogen-bond donors (Lipinski definition) is 0. The van der Waals surface area contributed by atoms with Gasteiger partial charge in [-0.05, 0) is 167 Å². The van der Waals surface area contributed by atoms with E-state index in [4.69, 9.17) is 0 Å². The molecule has 2 spiro atoms. The first-order valence-electron chi connectivity index (χ1n) is 27.4. The first-order chi connectivity index (χ1) is 37.2. The molecule has 6 aliphatic rings. The fourth-order valence-corrected chi connectivity index (χ4v) is 17.3. The summed E-state index contributed by atoms with van der Waals surface area (Å²) in [5, 5.41) is 2.51. The van der Waals surface area contributed by atoms with Crippen LogP contribution in [-0.4, -0.2) is 0 Å². The second kappa shape index (κ2) is 15.3. The fraction of sp³-hybridized carbons (Fsp3) is 0.135. The van der Waals surface area contributed by atoms with Crippen LogP contribution in [-0.2, 0) is 10.8 Å². The lowest BCUT2D eigenvalue weighted by Crippen LogP contribution is -2.88. The fourth-order valence-electron chi connectivity index (χ4n) is 17.3. The molecule has 0 aliphatic heterocycles. The van der Waals surface area contributed by atoms with E-state index in [1.807, 2.05) is 0 Å². The van der Waals surface area contributed by atoms with Crippen LogP contribution in [0.1, 0.15) is 52.6 Å². The summed E-state index contributed by atoms with van der Waals surface area (Å²) in [7, 11) is 0. The molecule has 0 heterocycles. The van der Waals surface area contributed by atoms with Crippen molar-refractivity contribution in [3.63, 3.8) is 0 Å². The van der Waals surface area contributed by atoms with Crippen LogP contribution in [0.3, 0.4) is 0 Å². The van der Waals surface area contributed by atoms with Crippen LogP contribution in [0.15, 0.2) is 261 Å². The molecule has 0 N–H and O–H groups in total. The molecule has 17 rings (SSSR count). The normalized spacial score (nSPS) is 23.0. The molecule has 4 saturated carbocycles. The molecule has 1 nitrogen and oxygen atoms in total. The molecular formula is C74H53N. The van der Waals surface area contributed by atoms with E-state index in [-0.39, 0.29) is 5.41 Å². The maximum atomic E-state index is 2.67. The van der Waals surface area contributed by atoms with E-state index in [0.29, 0.717) is 5.41 Å². The van der Waals surface area contributed by atoms with E-state index < -0.39 is 5.41 Å². The molecule has 11 aromatic rings.